The average molecular weight is 305 g/mol. The van der Waals surface area contributed by atoms with Crippen LogP contribution in [0.5, 0.6) is 0 Å². The van der Waals surface area contributed by atoms with E-state index in [0.717, 1.165) is 8.95 Å². The zero-order chi connectivity index (χ0) is 10.0. The number of anilines is 1. The van der Waals surface area contributed by atoms with Gasteiger partial charge in [0.1, 0.15) is 6.04 Å². The first-order valence-electron chi connectivity index (χ1n) is 3.46. The highest BCUT2D eigenvalue weighted by Crippen LogP contribution is 2.30. The Bertz CT molecular complexity index is 370. The summed E-state index contributed by atoms with van der Waals surface area (Å²) in [7, 11) is 0. The lowest BCUT2D eigenvalue weighted by Gasteiger charge is -2.09. The van der Waals surface area contributed by atoms with Crippen LogP contribution in [0.1, 0.15) is 11.6 Å². The molecule has 0 bridgehead atoms. The molecule has 3 nitrogen and oxygen atoms in total. The molecule has 13 heavy (non-hydrogen) atoms. The van der Waals surface area contributed by atoms with Crippen LogP contribution in [0.4, 0.5) is 5.69 Å². The maximum atomic E-state index is 8.63. The van der Waals surface area contributed by atoms with Crippen molar-refractivity contribution >= 4 is 37.5 Å². The summed E-state index contributed by atoms with van der Waals surface area (Å²) in [5.74, 6) is 0. The van der Waals surface area contributed by atoms with Crippen molar-refractivity contribution in [1.29, 1.82) is 5.26 Å². The summed E-state index contributed by atoms with van der Waals surface area (Å²) in [6.45, 7) is 0. The molecule has 1 atom stereocenters. The second-order valence-corrected chi connectivity index (χ2v) is 4.27. The molecule has 0 spiro atoms. The summed E-state index contributed by atoms with van der Waals surface area (Å²) < 4.78 is 1.58. The molecule has 0 aliphatic rings. The van der Waals surface area contributed by atoms with Crippen LogP contribution in [0.3, 0.4) is 0 Å². The Hall–Kier alpha value is -0.570. The smallest absolute Gasteiger partial charge is 0.120 e. The molecule has 68 valence electrons. The topological polar surface area (TPSA) is 75.8 Å². The van der Waals surface area contributed by atoms with Crippen molar-refractivity contribution in [1.82, 2.24) is 0 Å². The van der Waals surface area contributed by atoms with Crippen molar-refractivity contribution in [2.45, 2.75) is 6.04 Å². The van der Waals surface area contributed by atoms with Gasteiger partial charge in [0.15, 0.2) is 0 Å². The predicted octanol–water partition coefficient (Wildman–Crippen LogP) is 2.32. The van der Waals surface area contributed by atoms with E-state index >= 15 is 0 Å². The van der Waals surface area contributed by atoms with Gasteiger partial charge in [0.05, 0.1) is 11.8 Å². The van der Waals surface area contributed by atoms with E-state index in [1.165, 1.54) is 0 Å². The molecular weight excluding hydrogens is 298 g/mol. The Morgan fingerprint density at radius 3 is 2.54 bits per heavy atom. The van der Waals surface area contributed by atoms with Gasteiger partial charge in [-0.15, -0.1) is 0 Å². The van der Waals surface area contributed by atoms with Gasteiger partial charge >= 0.3 is 0 Å². The summed E-state index contributed by atoms with van der Waals surface area (Å²) in [5, 5.41) is 8.63. The number of hydrogen-bond acceptors (Lipinski definition) is 3. The van der Waals surface area contributed by atoms with Crippen molar-refractivity contribution in [3.63, 3.8) is 0 Å². The Balaban J connectivity index is 3.30. The van der Waals surface area contributed by atoms with E-state index in [-0.39, 0.29) is 0 Å². The number of nitrogens with zero attached hydrogens (tertiary/aromatic N) is 1. The number of hydrogen-bond donors (Lipinski definition) is 2. The minimum absolute atomic E-state index is 0.511. The fourth-order valence-corrected chi connectivity index (χ4v) is 2.19. The van der Waals surface area contributed by atoms with Gasteiger partial charge < -0.3 is 11.5 Å². The molecule has 0 aromatic heterocycles. The molecule has 0 aliphatic heterocycles. The molecule has 1 rings (SSSR count). The standard InChI is InChI=1S/C8H7Br2N3/c9-4-1-5(7(12)3-11)8(13)6(10)2-4/h1-2,7H,12-13H2/t7-/m0/s1. The van der Waals surface area contributed by atoms with Crippen molar-refractivity contribution in [3.05, 3.63) is 26.6 Å². The van der Waals surface area contributed by atoms with Crippen LogP contribution < -0.4 is 11.5 Å². The molecule has 1 aromatic carbocycles. The summed E-state index contributed by atoms with van der Waals surface area (Å²) in [6.07, 6.45) is 0. The SMILES string of the molecule is N#C[C@H](N)c1cc(Br)cc(Br)c1N. The van der Waals surface area contributed by atoms with E-state index < -0.39 is 6.04 Å². The maximum absolute atomic E-state index is 8.63. The molecular formula is C8H7Br2N3. The van der Waals surface area contributed by atoms with Gasteiger partial charge in [0.25, 0.3) is 0 Å². The largest absolute Gasteiger partial charge is 0.398 e. The molecule has 0 radical (unpaired) electrons. The fraction of sp³-hybridized carbons (Fsp3) is 0.125. The molecule has 4 N–H and O–H groups in total. The number of nitriles is 1. The van der Waals surface area contributed by atoms with E-state index in [1.54, 1.807) is 6.07 Å². The van der Waals surface area contributed by atoms with Crippen molar-refractivity contribution in [2.24, 2.45) is 5.73 Å². The second-order valence-electron chi connectivity index (χ2n) is 2.50. The number of halogens is 2. The summed E-state index contributed by atoms with van der Waals surface area (Å²) in [6, 6.07) is 4.80. The lowest BCUT2D eigenvalue weighted by molar-refractivity contribution is 0.927. The monoisotopic (exact) mass is 303 g/mol. The first kappa shape index (κ1) is 10.5. The number of nitrogens with two attached hydrogens (primary N) is 2. The van der Waals surface area contributed by atoms with Crippen LogP contribution in [0.25, 0.3) is 0 Å². The Labute approximate surface area is 93.0 Å². The minimum Gasteiger partial charge on any atom is -0.398 e. The predicted molar refractivity (Wildman–Crippen MR) is 58.8 cm³/mol. The van der Waals surface area contributed by atoms with Gasteiger partial charge in [0.2, 0.25) is 0 Å². The van der Waals surface area contributed by atoms with Crippen LogP contribution in [-0.4, -0.2) is 0 Å². The molecule has 0 heterocycles. The lowest BCUT2D eigenvalue weighted by atomic mass is 10.1. The third-order valence-electron chi connectivity index (χ3n) is 1.60. The summed E-state index contributed by atoms with van der Waals surface area (Å²) in [4.78, 5) is 0. The molecule has 0 saturated carbocycles. The van der Waals surface area contributed by atoms with Gasteiger partial charge in [-0.2, -0.15) is 5.26 Å². The van der Waals surface area contributed by atoms with Gasteiger partial charge in [-0.3, -0.25) is 0 Å². The van der Waals surface area contributed by atoms with Crippen LogP contribution in [0.15, 0.2) is 21.1 Å². The van der Waals surface area contributed by atoms with Crippen LogP contribution in [-0.2, 0) is 0 Å². The Morgan fingerprint density at radius 1 is 1.38 bits per heavy atom. The van der Waals surface area contributed by atoms with Gasteiger partial charge in [-0.1, -0.05) is 15.9 Å². The number of benzene rings is 1. The highest BCUT2D eigenvalue weighted by atomic mass is 79.9. The van der Waals surface area contributed by atoms with E-state index in [2.05, 4.69) is 31.9 Å². The Morgan fingerprint density at radius 2 is 2.00 bits per heavy atom. The van der Waals surface area contributed by atoms with Crippen LogP contribution in [0, 0.1) is 11.3 Å². The van der Waals surface area contributed by atoms with Crippen molar-refractivity contribution < 1.29 is 0 Å². The quantitative estimate of drug-likeness (QED) is 0.782. The van der Waals surface area contributed by atoms with E-state index in [1.807, 2.05) is 12.1 Å². The average Bonchev–Trinajstić information content (AvgIpc) is 2.10. The lowest BCUT2D eigenvalue weighted by Crippen LogP contribution is -2.10. The Kier molecular flexibility index (Phi) is 3.31. The van der Waals surface area contributed by atoms with E-state index in [0.29, 0.717) is 11.3 Å². The second kappa shape index (κ2) is 4.09. The van der Waals surface area contributed by atoms with Crippen LogP contribution >= 0.6 is 31.9 Å². The molecule has 0 saturated heterocycles. The highest BCUT2D eigenvalue weighted by molar-refractivity contribution is 9.11. The minimum atomic E-state index is -0.686. The van der Waals surface area contributed by atoms with Gasteiger partial charge in [0, 0.05) is 14.5 Å². The van der Waals surface area contributed by atoms with Crippen LogP contribution in [0.2, 0.25) is 0 Å². The number of nitrogen functional groups attached to an aromatic ring is 1. The molecule has 0 unspecified atom stereocenters. The summed E-state index contributed by atoms with van der Waals surface area (Å²) >= 11 is 6.57. The first-order valence-corrected chi connectivity index (χ1v) is 5.04. The highest BCUT2D eigenvalue weighted by Gasteiger charge is 2.11. The van der Waals surface area contributed by atoms with Crippen molar-refractivity contribution in [2.75, 3.05) is 5.73 Å². The molecule has 1 aromatic rings. The molecule has 0 fully saturated rings. The zero-order valence-electron chi connectivity index (χ0n) is 6.59. The first-order chi connectivity index (χ1) is 6.06. The fourth-order valence-electron chi connectivity index (χ4n) is 0.932. The third-order valence-corrected chi connectivity index (χ3v) is 2.71. The van der Waals surface area contributed by atoms with E-state index in [4.69, 9.17) is 16.7 Å². The van der Waals surface area contributed by atoms with Crippen molar-refractivity contribution in [3.8, 4) is 6.07 Å². The molecule has 5 heteroatoms. The summed E-state index contributed by atoms with van der Waals surface area (Å²) in [5.41, 5.74) is 12.4. The van der Waals surface area contributed by atoms with Gasteiger partial charge in [-0.25, -0.2) is 0 Å². The third kappa shape index (κ3) is 2.21. The number of rotatable bonds is 1. The zero-order valence-corrected chi connectivity index (χ0v) is 9.76. The molecule has 0 amide bonds. The van der Waals surface area contributed by atoms with E-state index in [9.17, 15) is 0 Å². The molecule has 0 aliphatic carbocycles. The maximum Gasteiger partial charge on any atom is 0.120 e. The van der Waals surface area contributed by atoms with Gasteiger partial charge in [-0.05, 0) is 28.1 Å². The normalized spacial score (nSPS) is 12.2.